The molecule has 0 saturated heterocycles. The first-order valence-electron chi connectivity index (χ1n) is 5.16. The third kappa shape index (κ3) is 7.04. The minimum atomic E-state index is -1.72. The summed E-state index contributed by atoms with van der Waals surface area (Å²) < 4.78 is 0. The highest BCUT2D eigenvalue weighted by molar-refractivity contribution is 6.31. The van der Waals surface area contributed by atoms with Crippen molar-refractivity contribution < 1.29 is 24.6 Å². The van der Waals surface area contributed by atoms with Crippen LogP contribution in [0.5, 0.6) is 0 Å². The second-order valence-corrected chi connectivity index (χ2v) is 3.47. The molecule has 0 fully saturated rings. The molecule has 0 saturated carbocycles. The molecule has 1 atom stereocenters. The van der Waals surface area contributed by atoms with Crippen LogP contribution in [0.1, 0.15) is 19.3 Å². The number of rotatable bonds is 7. The van der Waals surface area contributed by atoms with E-state index < -0.39 is 23.9 Å². The Balaban J connectivity index is 4.06. The van der Waals surface area contributed by atoms with Gasteiger partial charge in [-0.2, -0.15) is 0 Å². The molecule has 9 heteroatoms. The van der Waals surface area contributed by atoms with Gasteiger partial charge in [-0.3, -0.25) is 9.79 Å². The third-order valence-electron chi connectivity index (χ3n) is 1.99. The maximum atomic E-state index is 10.8. The van der Waals surface area contributed by atoms with Crippen molar-refractivity contribution in [3.63, 3.8) is 0 Å². The quantitative estimate of drug-likeness (QED) is 0.154. The van der Waals surface area contributed by atoms with Gasteiger partial charge in [-0.05, 0) is 19.3 Å². The van der Waals surface area contributed by atoms with Crippen LogP contribution in [0.15, 0.2) is 4.99 Å². The lowest BCUT2D eigenvalue weighted by molar-refractivity contribution is -0.152. The van der Waals surface area contributed by atoms with Gasteiger partial charge in [-0.1, -0.05) is 0 Å². The highest BCUT2D eigenvalue weighted by Crippen LogP contribution is 2.02. The molecule has 0 radical (unpaired) electrons. The third-order valence-corrected chi connectivity index (χ3v) is 1.99. The number of amides is 1. The highest BCUT2D eigenvalue weighted by Gasteiger charge is 2.22. The second-order valence-electron chi connectivity index (χ2n) is 3.47. The summed E-state index contributed by atoms with van der Waals surface area (Å²) in [6.45, 7) is 0.349. The Kier molecular flexibility index (Phi) is 6.86. The summed E-state index contributed by atoms with van der Waals surface area (Å²) in [6, 6.07) is -1.23. The van der Waals surface area contributed by atoms with E-state index >= 15 is 0 Å². The van der Waals surface area contributed by atoms with Crippen molar-refractivity contribution in [2.75, 3.05) is 6.54 Å². The van der Waals surface area contributed by atoms with Gasteiger partial charge >= 0.3 is 17.8 Å². The maximum absolute atomic E-state index is 10.8. The van der Waals surface area contributed by atoms with Crippen molar-refractivity contribution in [1.29, 1.82) is 0 Å². The van der Waals surface area contributed by atoms with Gasteiger partial charge in [0.15, 0.2) is 5.96 Å². The van der Waals surface area contributed by atoms with E-state index in [1.54, 1.807) is 0 Å². The number of hydrogen-bond donors (Lipinski definition) is 5. The van der Waals surface area contributed by atoms with Gasteiger partial charge in [0, 0.05) is 6.54 Å². The average Bonchev–Trinajstić information content (AvgIpc) is 2.25. The fourth-order valence-electron chi connectivity index (χ4n) is 1.15. The van der Waals surface area contributed by atoms with E-state index in [1.165, 1.54) is 0 Å². The monoisotopic (exact) mass is 260 g/mol. The predicted molar refractivity (Wildman–Crippen MR) is 61.7 cm³/mol. The van der Waals surface area contributed by atoms with E-state index in [-0.39, 0.29) is 12.4 Å². The number of hydrogen-bond acceptors (Lipinski definition) is 4. The smallest absolute Gasteiger partial charge is 0.394 e. The molecule has 0 aliphatic carbocycles. The normalized spacial score (nSPS) is 11.3. The van der Waals surface area contributed by atoms with E-state index in [9.17, 15) is 14.4 Å². The molecule has 7 N–H and O–H groups in total. The number of aliphatic imine (C=N–C) groups is 1. The van der Waals surface area contributed by atoms with Crippen molar-refractivity contribution in [3.05, 3.63) is 0 Å². The molecule has 0 aliphatic rings. The molecule has 0 heterocycles. The van der Waals surface area contributed by atoms with E-state index in [0.29, 0.717) is 19.4 Å². The molecule has 0 aromatic heterocycles. The molecule has 1 unspecified atom stereocenters. The summed E-state index contributed by atoms with van der Waals surface area (Å²) in [6.07, 6.45) is 1.08. The van der Waals surface area contributed by atoms with Crippen LogP contribution in [0, 0.1) is 0 Å². The van der Waals surface area contributed by atoms with Crippen LogP contribution in [0.2, 0.25) is 0 Å². The topological polar surface area (TPSA) is 168 Å². The number of carboxylic acids is 2. The van der Waals surface area contributed by atoms with Gasteiger partial charge in [-0.15, -0.1) is 0 Å². The Morgan fingerprint density at radius 2 is 1.78 bits per heavy atom. The Bertz CT molecular complexity index is 351. The van der Waals surface area contributed by atoms with Crippen molar-refractivity contribution in [2.24, 2.45) is 16.5 Å². The molecule has 9 nitrogen and oxygen atoms in total. The van der Waals surface area contributed by atoms with Crippen molar-refractivity contribution in [3.8, 4) is 0 Å². The predicted octanol–water partition coefficient (Wildman–Crippen LogP) is -1.92. The second kappa shape index (κ2) is 7.87. The highest BCUT2D eigenvalue weighted by atomic mass is 16.4. The molecule has 0 aromatic carbocycles. The fraction of sp³-hybridized carbons (Fsp3) is 0.556. The van der Waals surface area contributed by atoms with Crippen molar-refractivity contribution in [1.82, 2.24) is 5.32 Å². The van der Waals surface area contributed by atoms with E-state index in [1.807, 2.05) is 5.32 Å². The van der Waals surface area contributed by atoms with Crippen molar-refractivity contribution >= 4 is 23.8 Å². The Hall–Kier alpha value is -2.32. The van der Waals surface area contributed by atoms with Gasteiger partial charge in [0.25, 0.3) is 0 Å². The number of carbonyl (C=O) groups is 3. The van der Waals surface area contributed by atoms with Crippen LogP contribution in [0.25, 0.3) is 0 Å². The number of nitrogens with zero attached hydrogens (tertiary/aromatic N) is 1. The molecular formula is C9H16N4O5. The first kappa shape index (κ1) is 15.7. The Morgan fingerprint density at radius 1 is 1.17 bits per heavy atom. The zero-order valence-corrected chi connectivity index (χ0v) is 9.63. The summed E-state index contributed by atoms with van der Waals surface area (Å²) in [4.78, 5) is 35.5. The molecule has 18 heavy (non-hydrogen) atoms. The summed E-state index contributed by atoms with van der Waals surface area (Å²) >= 11 is 0. The Labute approximate surface area is 103 Å². The first-order chi connectivity index (χ1) is 8.34. The number of carboxylic acid groups (broad SMARTS) is 2. The zero-order valence-electron chi connectivity index (χ0n) is 9.63. The number of unbranched alkanes of at least 4 members (excludes halogenated alkanes) is 1. The molecular weight excluding hydrogens is 244 g/mol. The number of guanidine groups is 1. The minimum Gasteiger partial charge on any atom is -0.480 e. The molecule has 0 spiro atoms. The van der Waals surface area contributed by atoms with Crippen LogP contribution in [-0.2, 0) is 14.4 Å². The van der Waals surface area contributed by atoms with Crippen LogP contribution < -0.4 is 16.8 Å². The van der Waals surface area contributed by atoms with Crippen LogP contribution in [0.4, 0.5) is 0 Å². The summed E-state index contributed by atoms with van der Waals surface area (Å²) in [5.74, 6) is -4.40. The van der Waals surface area contributed by atoms with Gasteiger partial charge in [0.1, 0.15) is 6.04 Å². The van der Waals surface area contributed by atoms with Crippen molar-refractivity contribution in [2.45, 2.75) is 25.3 Å². The SMILES string of the molecule is NC(N)=NCCCCC(NC(=O)C(=O)O)C(=O)O. The fourth-order valence-corrected chi connectivity index (χ4v) is 1.15. The van der Waals surface area contributed by atoms with Gasteiger partial charge in [0.05, 0.1) is 0 Å². The molecule has 1 amide bonds. The van der Waals surface area contributed by atoms with Crippen LogP contribution >= 0.6 is 0 Å². The lowest BCUT2D eigenvalue weighted by Gasteiger charge is -2.12. The first-order valence-corrected chi connectivity index (χ1v) is 5.16. The van der Waals surface area contributed by atoms with E-state index in [2.05, 4.69) is 4.99 Å². The molecule has 0 rings (SSSR count). The summed E-state index contributed by atoms with van der Waals surface area (Å²) in [7, 11) is 0. The lowest BCUT2D eigenvalue weighted by Crippen LogP contribution is -2.43. The van der Waals surface area contributed by atoms with Gasteiger partial charge < -0.3 is 27.0 Å². The molecule has 102 valence electrons. The number of aliphatic carboxylic acids is 2. The number of carbonyl (C=O) groups excluding carboxylic acids is 1. The largest absolute Gasteiger partial charge is 0.480 e. The minimum absolute atomic E-state index is 0.0519. The van der Waals surface area contributed by atoms with Crippen LogP contribution in [0.3, 0.4) is 0 Å². The van der Waals surface area contributed by atoms with Gasteiger partial charge in [-0.25, -0.2) is 9.59 Å². The molecule has 0 aliphatic heterocycles. The van der Waals surface area contributed by atoms with E-state index in [4.69, 9.17) is 21.7 Å². The maximum Gasteiger partial charge on any atom is 0.394 e. The number of nitrogens with two attached hydrogens (primary N) is 2. The van der Waals surface area contributed by atoms with E-state index in [0.717, 1.165) is 0 Å². The average molecular weight is 260 g/mol. The van der Waals surface area contributed by atoms with Gasteiger partial charge in [0.2, 0.25) is 0 Å². The summed E-state index contributed by atoms with van der Waals surface area (Å²) in [5, 5.41) is 19.0. The zero-order chi connectivity index (χ0) is 14.1. The molecule has 0 bridgehead atoms. The summed E-state index contributed by atoms with van der Waals surface area (Å²) in [5.41, 5.74) is 10.2. The standard InChI is InChI=1S/C9H16N4O5/c10-9(11)12-4-2-1-3-5(7(15)16)13-6(14)8(17)18/h5H,1-4H2,(H,13,14)(H,15,16)(H,17,18)(H4,10,11,12). The van der Waals surface area contributed by atoms with Crippen LogP contribution in [-0.4, -0.2) is 46.6 Å². The molecule has 0 aromatic rings. The lowest BCUT2D eigenvalue weighted by atomic mass is 10.1. The Morgan fingerprint density at radius 3 is 2.22 bits per heavy atom. The number of nitrogens with one attached hydrogen (secondary N) is 1.